The summed E-state index contributed by atoms with van der Waals surface area (Å²) in [5.74, 6) is 0.615. The molecular weight excluding hydrogens is 346 g/mol. The summed E-state index contributed by atoms with van der Waals surface area (Å²) in [5, 5.41) is 6.85. The zero-order valence-corrected chi connectivity index (χ0v) is 15.8. The molecule has 0 fully saturated rings. The van der Waals surface area contributed by atoms with Gasteiger partial charge in [-0.05, 0) is 43.2 Å². The fraction of sp³-hybridized carbons (Fsp3) is 0.200. The van der Waals surface area contributed by atoms with Crippen LogP contribution in [0.25, 0.3) is 0 Å². The van der Waals surface area contributed by atoms with E-state index in [2.05, 4.69) is 22.5 Å². The van der Waals surface area contributed by atoms with Crippen LogP contribution in [0.5, 0.6) is 5.75 Å². The van der Waals surface area contributed by atoms with E-state index in [1.54, 1.807) is 7.11 Å². The number of nitrogens with one attached hydrogen (secondary N) is 2. The van der Waals surface area contributed by atoms with Crippen LogP contribution in [0.15, 0.2) is 48.5 Å². The van der Waals surface area contributed by atoms with Crippen molar-refractivity contribution in [1.82, 2.24) is 4.98 Å². The van der Waals surface area contributed by atoms with Crippen molar-refractivity contribution in [2.45, 2.75) is 20.3 Å². The van der Waals surface area contributed by atoms with Crippen LogP contribution in [0, 0.1) is 6.92 Å². The number of thiazole rings is 1. The lowest BCUT2D eigenvalue weighted by Gasteiger charge is -2.06. The van der Waals surface area contributed by atoms with E-state index in [1.807, 2.05) is 55.5 Å². The highest BCUT2D eigenvalue weighted by molar-refractivity contribution is 7.17. The van der Waals surface area contributed by atoms with Crippen LogP contribution >= 0.6 is 11.3 Å². The number of benzene rings is 2. The van der Waals surface area contributed by atoms with E-state index in [9.17, 15) is 4.79 Å². The van der Waals surface area contributed by atoms with Crippen molar-refractivity contribution < 1.29 is 9.53 Å². The Bertz CT molecular complexity index is 921. The van der Waals surface area contributed by atoms with Gasteiger partial charge >= 0.3 is 0 Å². The van der Waals surface area contributed by atoms with E-state index in [1.165, 1.54) is 16.9 Å². The molecule has 0 aliphatic carbocycles. The van der Waals surface area contributed by atoms with Gasteiger partial charge in [0.2, 0.25) is 0 Å². The smallest absolute Gasteiger partial charge is 0.267 e. The van der Waals surface area contributed by atoms with Gasteiger partial charge in [-0.3, -0.25) is 4.79 Å². The first-order valence-corrected chi connectivity index (χ1v) is 9.19. The topological polar surface area (TPSA) is 63.2 Å². The molecule has 0 unspecified atom stereocenters. The molecule has 0 aliphatic rings. The standard InChI is InChI=1S/C20H21N3O2S/c1-4-14-7-5-8-15(11-14)22-19(24)18-13(2)21-20(26-18)23-16-9-6-10-17(12-16)25-3/h5-12H,4H2,1-3H3,(H,21,23)(H,22,24). The molecule has 1 heterocycles. The fourth-order valence-electron chi connectivity index (χ4n) is 2.54. The normalized spacial score (nSPS) is 10.4. The summed E-state index contributed by atoms with van der Waals surface area (Å²) in [6.07, 6.45) is 0.928. The molecule has 0 bridgehead atoms. The van der Waals surface area contributed by atoms with Crippen LogP contribution < -0.4 is 15.4 Å². The van der Waals surface area contributed by atoms with Gasteiger partial charge in [-0.15, -0.1) is 0 Å². The van der Waals surface area contributed by atoms with Gasteiger partial charge in [0, 0.05) is 17.4 Å². The number of methoxy groups -OCH3 is 1. The molecule has 134 valence electrons. The number of rotatable bonds is 6. The number of aryl methyl sites for hydroxylation is 2. The predicted octanol–water partition coefficient (Wildman–Crippen LogP) is 5.02. The molecule has 1 aromatic heterocycles. The van der Waals surface area contributed by atoms with Gasteiger partial charge in [-0.2, -0.15) is 0 Å². The lowest BCUT2D eigenvalue weighted by atomic mass is 10.1. The van der Waals surface area contributed by atoms with Crippen LogP contribution in [0.4, 0.5) is 16.5 Å². The van der Waals surface area contributed by atoms with Crippen LogP contribution in [-0.4, -0.2) is 18.0 Å². The van der Waals surface area contributed by atoms with Gasteiger partial charge in [0.1, 0.15) is 10.6 Å². The molecule has 26 heavy (non-hydrogen) atoms. The number of amides is 1. The minimum atomic E-state index is -0.146. The van der Waals surface area contributed by atoms with Crippen molar-refractivity contribution in [1.29, 1.82) is 0 Å². The van der Waals surface area contributed by atoms with E-state index in [0.717, 1.165) is 23.5 Å². The van der Waals surface area contributed by atoms with Gasteiger partial charge in [0.25, 0.3) is 5.91 Å². The molecule has 0 atom stereocenters. The number of aromatic nitrogens is 1. The second-order valence-electron chi connectivity index (χ2n) is 5.80. The quantitative estimate of drug-likeness (QED) is 0.642. The van der Waals surface area contributed by atoms with E-state index in [0.29, 0.717) is 15.7 Å². The van der Waals surface area contributed by atoms with E-state index >= 15 is 0 Å². The fourth-order valence-corrected chi connectivity index (χ4v) is 3.42. The van der Waals surface area contributed by atoms with Crippen molar-refractivity contribution in [3.05, 3.63) is 64.7 Å². The number of nitrogens with zero attached hydrogens (tertiary/aromatic N) is 1. The summed E-state index contributed by atoms with van der Waals surface area (Å²) in [6, 6.07) is 15.5. The number of carbonyl (C=O) groups is 1. The SMILES string of the molecule is CCc1cccc(NC(=O)c2sc(Nc3cccc(OC)c3)nc2C)c1. The highest BCUT2D eigenvalue weighted by Crippen LogP contribution is 2.28. The van der Waals surface area contributed by atoms with Gasteiger partial charge in [0.05, 0.1) is 12.8 Å². The van der Waals surface area contributed by atoms with Gasteiger partial charge in [0.15, 0.2) is 5.13 Å². The summed E-state index contributed by atoms with van der Waals surface area (Å²) in [6.45, 7) is 3.93. The Balaban J connectivity index is 1.75. The average molecular weight is 367 g/mol. The van der Waals surface area contributed by atoms with Gasteiger partial charge < -0.3 is 15.4 Å². The lowest BCUT2D eigenvalue weighted by molar-refractivity contribution is 0.103. The first-order valence-electron chi connectivity index (χ1n) is 8.38. The Labute approximate surface area is 157 Å². The predicted molar refractivity (Wildman–Crippen MR) is 107 cm³/mol. The number of carbonyl (C=O) groups excluding carboxylic acids is 1. The van der Waals surface area contributed by atoms with Crippen molar-refractivity contribution >= 4 is 33.8 Å². The summed E-state index contributed by atoms with van der Waals surface area (Å²) < 4.78 is 5.22. The van der Waals surface area contributed by atoms with Crippen LogP contribution in [0.2, 0.25) is 0 Å². The summed E-state index contributed by atoms with van der Waals surface area (Å²) in [7, 11) is 1.63. The Morgan fingerprint density at radius 2 is 1.92 bits per heavy atom. The van der Waals surface area contributed by atoms with Crippen molar-refractivity contribution in [3.8, 4) is 5.75 Å². The first-order chi connectivity index (χ1) is 12.6. The molecular formula is C20H21N3O2S. The molecule has 0 aliphatic heterocycles. The number of ether oxygens (including phenoxy) is 1. The van der Waals surface area contributed by atoms with Crippen LogP contribution in [-0.2, 0) is 6.42 Å². The maximum atomic E-state index is 12.6. The molecule has 5 nitrogen and oxygen atoms in total. The second kappa shape index (κ2) is 8.01. The highest BCUT2D eigenvalue weighted by atomic mass is 32.1. The van der Waals surface area contributed by atoms with Crippen molar-refractivity contribution in [2.24, 2.45) is 0 Å². The molecule has 0 radical (unpaired) electrons. The Morgan fingerprint density at radius 3 is 2.69 bits per heavy atom. The van der Waals surface area contributed by atoms with Gasteiger partial charge in [-0.25, -0.2) is 4.98 Å². The summed E-state index contributed by atoms with van der Waals surface area (Å²) in [5.41, 5.74) is 3.54. The summed E-state index contributed by atoms with van der Waals surface area (Å²) >= 11 is 1.33. The van der Waals surface area contributed by atoms with Crippen LogP contribution in [0.3, 0.4) is 0 Å². The third kappa shape index (κ3) is 4.21. The maximum Gasteiger partial charge on any atom is 0.267 e. The number of hydrogen-bond donors (Lipinski definition) is 2. The number of hydrogen-bond acceptors (Lipinski definition) is 5. The molecule has 2 N–H and O–H groups in total. The molecule has 1 amide bonds. The largest absolute Gasteiger partial charge is 0.497 e. The Morgan fingerprint density at radius 1 is 1.15 bits per heavy atom. The Kier molecular flexibility index (Phi) is 5.53. The zero-order valence-electron chi connectivity index (χ0n) is 15.0. The lowest BCUT2D eigenvalue weighted by Crippen LogP contribution is -2.11. The van der Waals surface area contributed by atoms with Crippen molar-refractivity contribution in [2.75, 3.05) is 17.7 Å². The molecule has 2 aromatic carbocycles. The van der Waals surface area contributed by atoms with Crippen molar-refractivity contribution in [3.63, 3.8) is 0 Å². The van der Waals surface area contributed by atoms with E-state index < -0.39 is 0 Å². The molecule has 3 rings (SSSR count). The number of anilines is 3. The molecule has 3 aromatic rings. The molecule has 0 spiro atoms. The highest BCUT2D eigenvalue weighted by Gasteiger charge is 2.16. The third-order valence-electron chi connectivity index (χ3n) is 3.92. The van der Waals surface area contributed by atoms with E-state index in [4.69, 9.17) is 4.74 Å². The monoisotopic (exact) mass is 367 g/mol. The molecule has 6 heteroatoms. The second-order valence-corrected chi connectivity index (χ2v) is 6.80. The third-order valence-corrected chi connectivity index (χ3v) is 4.99. The molecule has 0 saturated heterocycles. The minimum Gasteiger partial charge on any atom is -0.497 e. The average Bonchev–Trinajstić information content (AvgIpc) is 3.02. The first kappa shape index (κ1) is 17.9. The zero-order chi connectivity index (χ0) is 18.5. The Hall–Kier alpha value is -2.86. The van der Waals surface area contributed by atoms with Crippen LogP contribution in [0.1, 0.15) is 27.9 Å². The van der Waals surface area contributed by atoms with Gasteiger partial charge in [-0.1, -0.05) is 36.5 Å². The molecule has 0 saturated carbocycles. The maximum absolute atomic E-state index is 12.6. The summed E-state index contributed by atoms with van der Waals surface area (Å²) in [4.78, 5) is 17.7. The van der Waals surface area contributed by atoms with E-state index in [-0.39, 0.29) is 5.91 Å². The minimum absolute atomic E-state index is 0.146.